The molecule has 16 heavy (non-hydrogen) atoms. The topological polar surface area (TPSA) is 51.8 Å². The maximum Gasteiger partial charge on any atom is 0.146 e. The van der Waals surface area contributed by atoms with Gasteiger partial charge < -0.3 is 5.73 Å². The van der Waals surface area contributed by atoms with Crippen LogP contribution in [-0.2, 0) is 0 Å². The first-order valence-electron chi connectivity index (χ1n) is 5.08. The fourth-order valence-electron chi connectivity index (χ4n) is 2.03. The molecule has 80 valence electrons. The Morgan fingerprint density at radius 2 is 2.00 bits per heavy atom. The number of nitrogens with zero attached hydrogens (tertiary/aromatic N) is 2. The van der Waals surface area contributed by atoms with Gasteiger partial charge in [-0.1, -0.05) is 11.6 Å². The maximum absolute atomic E-state index is 5.80. The van der Waals surface area contributed by atoms with E-state index in [1.165, 1.54) is 22.7 Å². The highest BCUT2D eigenvalue weighted by Gasteiger charge is 2.08. The highest BCUT2D eigenvalue weighted by molar-refractivity contribution is 7.13. The zero-order valence-corrected chi connectivity index (χ0v) is 9.93. The Labute approximate surface area is 97.1 Å². The van der Waals surface area contributed by atoms with Crippen molar-refractivity contribution in [3.8, 4) is 0 Å². The zero-order valence-electron chi connectivity index (χ0n) is 9.11. The molecule has 0 aliphatic heterocycles. The third kappa shape index (κ3) is 1.27. The lowest BCUT2D eigenvalue weighted by Crippen LogP contribution is -1.87. The van der Waals surface area contributed by atoms with E-state index in [-0.39, 0.29) is 0 Å². The summed E-state index contributed by atoms with van der Waals surface area (Å²) in [6.07, 6.45) is 0. The van der Waals surface area contributed by atoms with Gasteiger partial charge in [0.05, 0.1) is 10.9 Å². The van der Waals surface area contributed by atoms with E-state index in [4.69, 9.17) is 5.73 Å². The predicted octanol–water partition coefficient (Wildman–Crippen LogP) is 3.04. The molecule has 0 aliphatic carbocycles. The van der Waals surface area contributed by atoms with Gasteiger partial charge in [0.2, 0.25) is 0 Å². The van der Waals surface area contributed by atoms with E-state index in [0.717, 1.165) is 21.1 Å². The lowest BCUT2D eigenvalue weighted by atomic mass is 10.1. The second kappa shape index (κ2) is 3.15. The average molecular weight is 229 g/mol. The largest absolute Gasteiger partial charge is 0.382 e. The molecular formula is C12H11N3S. The highest BCUT2D eigenvalue weighted by atomic mass is 32.1. The molecular weight excluding hydrogens is 218 g/mol. The van der Waals surface area contributed by atoms with Crippen LogP contribution >= 0.6 is 11.5 Å². The minimum atomic E-state index is 0.577. The highest BCUT2D eigenvalue weighted by Crippen LogP contribution is 2.28. The molecule has 0 unspecified atom stereocenters. The van der Waals surface area contributed by atoms with E-state index < -0.39 is 0 Å². The Hall–Kier alpha value is -1.68. The molecule has 3 rings (SSSR count). The van der Waals surface area contributed by atoms with E-state index in [1.807, 2.05) is 0 Å². The number of rotatable bonds is 0. The number of nitrogen functional groups attached to an aromatic ring is 1. The molecule has 0 bridgehead atoms. The number of fused-ring (bicyclic) bond motifs is 2. The summed E-state index contributed by atoms with van der Waals surface area (Å²) in [7, 11) is 0. The number of nitrogens with two attached hydrogens (primary N) is 1. The molecule has 2 aromatic heterocycles. The van der Waals surface area contributed by atoms with Crippen molar-refractivity contribution in [3.63, 3.8) is 0 Å². The van der Waals surface area contributed by atoms with E-state index in [2.05, 4.69) is 41.4 Å². The summed E-state index contributed by atoms with van der Waals surface area (Å²) in [5.41, 5.74) is 9.29. The molecule has 0 atom stereocenters. The number of hydrogen-bond acceptors (Lipinski definition) is 4. The van der Waals surface area contributed by atoms with Crippen molar-refractivity contribution in [3.05, 3.63) is 29.3 Å². The minimum absolute atomic E-state index is 0.577. The number of hydrogen-bond donors (Lipinski definition) is 1. The molecule has 2 heterocycles. The van der Waals surface area contributed by atoms with Crippen LogP contribution in [-0.4, -0.2) is 9.36 Å². The summed E-state index contributed by atoms with van der Waals surface area (Å²) in [6.45, 7) is 4.17. The molecule has 3 aromatic rings. The fraction of sp³-hybridized carbons (Fsp3) is 0.167. The van der Waals surface area contributed by atoms with Gasteiger partial charge >= 0.3 is 0 Å². The number of aromatic nitrogens is 2. The first-order valence-corrected chi connectivity index (χ1v) is 5.85. The third-order valence-electron chi connectivity index (χ3n) is 2.72. The zero-order chi connectivity index (χ0) is 11.3. The SMILES string of the molecule is Cc1cc(C)c2nc3snc(N)c3cc2c1. The van der Waals surface area contributed by atoms with Gasteiger partial charge in [-0.05, 0) is 43.1 Å². The first kappa shape index (κ1) is 9.54. The molecule has 0 radical (unpaired) electrons. The van der Waals surface area contributed by atoms with Crippen LogP contribution < -0.4 is 5.73 Å². The molecule has 2 N–H and O–H groups in total. The van der Waals surface area contributed by atoms with Crippen LogP contribution in [0.2, 0.25) is 0 Å². The quantitative estimate of drug-likeness (QED) is 0.644. The summed E-state index contributed by atoms with van der Waals surface area (Å²) in [6, 6.07) is 6.36. The summed E-state index contributed by atoms with van der Waals surface area (Å²) >= 11 is 1.36. The van der Waals surface area contributed by atoms with Gasteiger partial charge in [-0.15, -0.1) is 0 Å². The first-order chi connectivity index (χ1) is 7.65. The van der Waals surface area contributed by atoms with Crippen LogP contribution in [0.3, 0.4) is 0 Å². The Kier molecular flexibility index (Phi) is 1.88. The normalized spacial score (nSPS) is 11.4. The van der Waals surface area contributed by atoms with Crippen LogP contribution in [0.25, 0.3) is 21.1 Å². The Bertz CT molecular complexity index is 700. The summed E-state index contributed by atoms with van der Waals surface area (Å²) in [5.74, 6) is 0.577. The van der Waals surface area contributed by atoms with E-state index >= 15 is 0 Å². The third-order valence-corrected chi connectivity index (χ3v) is 3.50. The van der Waals surface area contributed by atoms with Crippen LogP contribution in [0.15, 0.2) is 18.2 Å². The van der Waals surface area contributed by atoms with Gasteiger partial charge in [-0.2, -0.15) is 4.37 Å². The van der Waals surface area contributed by atoms with Crippen molar-refractivity contribution in [1.29, 1.82) is 0 Å². The molecule has 0 amide bonds. The molecule has 0 aliphatic rings. The standard InChI is InChI=1S/C12H11N3S/c1-6-3-7(2)10-8(4-6)5-9-11(13)15-16-12(9)14-10/h3-5H,1-2H3,(H2,13,15). The lowest BCUT2D eigenvalue weighted by Gasteiger charge is -2.03. The molecule has 0 saturated heterocycles. The van der Waals surface area contributed by atoms with E-state index in [1.54, 1.807) is 0 Å². The van der Waals surface area contributed by atoms with E-state index in [9.17, 15) is 0 Å². The van der Waals surface area contributed by atoms with Crippen molar-refractivity contribution >= 4 is 38.5 Å². The number of pyridine rings is 1. The smallest absolute Gasteiger partial charge is 0.146 e. The van der Waals surface area contributed by atoms with Gasteiger partial charge in [0.25, 0.3) is 0 Å². The van der Waals surface area contributed by atoms with Crippen LogP contribution in [0.1, 0.15) is 11.1 Å². The summed E-state index contributed by atoms with van der Waals surface area (Å²) < 4.78 is 4.13. The van der Waals surface area contributed by atoms with Gasteiger partial charge in [-0.25, -0.2) is 4.98 Å². The molecule has 0 fully saturated rings. The van der Waals surface area contributed by atoms with Gasteiger partial charge in [0.1, 0.15) is 10.6 Å². The summed E-state index contributed by atoms with van der Waals surface area (Å²) in [5, 5.41) is 2.10. The van der Waals surface area contributed by atoms with Gasteiger partial charge in [-0.3, -0.25) is 0 Å². The van der Waals surface area contributed by atoms with Gasteiger partial charge in [0.15, 0.2) is 0 Å². The van der Waals surface area contributed by atoms with Crippen molar-refractivity contribution in [2.45, 2.75) is 13.8 Å². The predicted molar refractivity (Wildman–Crippen MR) is 68.8 cm³/mol. The van der Waals surface area contributed by atoms with Crippen molar-refractivity contribution in [2.24, 2.45) is 0 Å². The average Bonchev–Trinajstić information content (AvgIpc) is 2.58. The molecule has 3 nitrogen and oxygen atoms in total. The number of aryl methyl sites for hydroxylation is 2. The maximum atomic E-state index is 5.80. The molecule has 0 saturated carbocycles. The molecule has 1 aromatic carbocycles. The summed E-state index contributed by atoms with van der Waals surface area (Å²) in [4.78, 5) is 5.53. The Morgan fingerprint density at radius 3 is 2.81 bits per heavy atom. The second-order valence-corrected chi connectivity index (χ2v) is 4.81. The van der Waals surface area contributed by atoms with Crippen molar-refractivity contribution < 1.29 is 0 Å². The molecule has 0 spiro atoms. The Morgan fingerprint density at radius 1 is 1.19 bits per heavy atom. The van der Waals surface area contributed by atoms with Crippen LogP contribution in [0.5, 0.6) is 0 Å². The number of benzene rings is 1. The van der Waals surface area contributed by atoms with Crippen LogP contribution in [0.4, 0.5) is 5.82 Å². The lowest BCUT2D eigenvalue weighted by molar-refractivity contribution is 1.39. The van der Waals surface area contributed by atoms with Crippen molar-refractivity contribution in [2.75, 3.05) is 5.73 Å². The second-order valence-electron chi connectivity index (χ2n) is 4.06. The minimum Gasteiger partial charge on any atom is -0.382 e. The number of anilines is 1. The Balaban J connectivity index is 2.53. The van der Waals surface area contributed by atoms with E-state index in [0.29, 0.717) is 5.82 Å². The van der Waals surface area contributed by atoms with Gasteiger partial charge in [0, 0.05) is 5.39 Å². The molecule has 4 heteroatoms. The van der Waals surface area contributed by atoms with Crippen molar-refractivity contribution in [1.82, 2.24) is 9.36 Å². The van der Waals surface area contributed by atoms with Crippen LogP contribution in [0, 0.1) is 13.8 Å². The fourth-order valence-corrected chi connectivity index (χ4v) is 2.71. The monoisotopic (exact) mass is 229 g/mol.